The van der Waals surface area contributed by atoms with Crippen molar-refractivity contribution in [1.29, 1.82) is 0 Å². The molecule has 0 amide bonds. The third-order valence-electron chi connectivity index (χ3n) is 3.20. The molecule has 0 saturated heterocycles. The molecule has 1 aromatic rings. The van der Waals surface area contributed by atoms with Crippen molar-refractivity contribution in [2.24, 2.45) is 0 Å². The van der Waals surface area contributed by atoms with Crippen LogP contribution in [0, 0.1) is 5.82 Å². The highest BCUT2D eigenvalue weighted by atomic mass is 19.1. The smallest absolute Gasteiger partial charge is 0.126 e. The molecular weight excluding hydrogens is 217 g/mol. The summed E-state index contributed by atoms with van der Waals surface area (Å²) in [4.78, 5) is 0. The number of halogens is 1. The van der Waals surface area contributed by atoms with Crippen LogP contribution in [0.1, 0.15) is 26.3 Å². The molecule has 1 unspecified atom stereocenters. The van der Waals surface area contributed by atoms with Crippen LogP contribution >= 0.6 is 0 Å². The summed E-state index contributed by atoms with van der Waals surface area (Å²) in [6.07, 6.45) is 0.626. The number of likely N-dealkylation sites (N-methyl/N-ethyl adjacent to an activating group) is 1. The van der Waals surface area contributed by atoms with E-state index >= 15 is 0 Å². The molecule has 0 aliphatic carbocycles. The summed E-state index contributed by atoms with van der Waals surface area (Å²) < 4.78 is 19.1. The van der Waals surface area contributed by atoms with Gasteiger partial charge in [-0.2, -0.15) is 0 Å². The van der Waals surface area contributed by atoms with E-state index in [-0.39, 0.29) is 17.5 Å². The van der Waals surface area contributed by atoms with E-state index in [9.17, 15) is 4.39 Å². The normalized spacial score (nSPS) is 13.7. The highest BCUT2D eigenvalue weighted by molar-refractivity contribution is 5.19. The topological polar surface area (TPSA) is 21.3 Å². The summed E-state index contributed by atoms with van der Waals surface area (Å²) >= 11 is 0. The van der Waals surface area contributed by atoms with E-state index in [1.807, 2.05) is 32.9 Å². The van der Waals surface area contributed by atoms with Crippen LogP contribution in [-0.2, 0) is 11.2 Å². The first-order valence-electron chi connectivity index (χ1n) is 6.03. The molecule has 17 heavy (non-hydrogen) atoms. The maximum absolute atomic E-state index is 13.6. The number of ether oxygens (including phenoxy) is 1. The molecule has 0 saturated carbocycles. The van der Waals surface area contributed by atoms with Crippen molar-refractivity contribution in [2.45, 2.75) is 38.8 Å². The average molecular weight is 239 g/mol. The van der Waals surface area contributed by atoms with Gasteiger partial charge in [0, 0.05) is 13.2 Å². The lowest BCUT2D eigenvalue weighted by Crippen LogP contribution is -2.49. The molecule has 0 spiro atoms. The first-order valence-corrected chi connectivity index (χ1v) is 6.03. The molecule has 1 aromatic carbocycles. The maximum Gasteiger partial charge on any atom is 0.126 e. The predicted octanol–water partition coefficient (Wildman–Crippen LogP) is 2.77. The van der Waals surface area contributed by atoms with E-state index in [1.54, 1.807) is 13.2 Å². The van der Waals surface area contributed by atoms with Crippen molar-refractivity contribution in [3.05, 3.63) is 35.6 Å². The Bertz CT molecular complexity index is 352. The molecule has 1 N–H and O–H groups in total. The van der Waals surface area contributed by atoms with Gasteiger partial charge in [-0.05, 0) is 38.4 Å². The van der Waals surface area contributed by atoms with E-state index in [1.165, 1.54) is 6.07 Å². The van der Waals surface area contributed by atoms with Crippen molar-refractivity contribution in [2.75, 3.05) is 13.7 Å². The summed E-state index contributed by atoms with van der Waals surface area (Å²) in [6.45, 7) is 6.91. The number of methoxy groups -OCH3 is 1. The molecule has 1 atom stereocenters. The van der Waals surface area contributed by atoms with Gasteiger partial charge in [0.25, 0.3) is 0 Å². The van der Waals surface area contributed by atoms with E-state index in [4.69, 9.17) is 4.74 Å². The maximum atomic E-state index is 13.6. The Morgan fingerprint density at radius 3 is 2.53 bits per heavy atom. The Hall–Kier alpha value is -0.930. The summed E-state index contributed by atoms with van der Waals surface area (Å²) in [5.74, 6) is -0.151. The van der Waals surface area contributed by atoms with Crippen molar-refractivity contribution in [1.82, 2.24) is 5.32 Å². The summed E-state index contributed by atoms with van der Waals surface area (Å²) in [6, 6.07) is 6.99. The number of rotatable bonds is 6. The molecule has 0 aromatic heterocycles. The second-order valence-corrected chi connectivity index (χ2v) is 4.71. The van der Waals surface area contributed by atoms with Crippen molar-refractivity contribution < 1.29 is 9.13 Å². The SMILES string of the molecule is CCNC(Cc1ccccc1F)C(C)(C)OC. The average Bonchev–Trinajstić information content (AvgIpc) is 2.31. The van der Waals surface area contributed by atoms with E-state index in [0.717, 1.165) is 12.1 Å². The minimum Gasteiger partial charge on any atom is -0.377 e. The van der Waals surface area contributed by atoms with E-state index in [2.05, 4.69) is 5.32 Å². The standard InChI is InChI=1S/C14H22FNO/c1-5-16-13(14(2,3)17-4)10-11-8-6-7-9-12(11)15/h6-9,13,16H,5,10H2,1-4H3. The van der Waals surface area contributed by atoms with Crippen molar-refractivity contribution in [3.8, 4) is 0 Å². The molecule has 0 aliphatic rings. The van der Waals surface area contributed by atoms with Gasteiger partial charge >= 0.3 is 0 Å². The zero-order valence-corrected chi connectivity index (χ0v) is 11.1. The third-order valence-corrected chi connectivity index (χ3v) is 3.20. The van der Waals surface area contributed by atoms with E-state index in [0.29, 0.717) is 6.42 Å². The van der Waals surface area contributed by atoms with Gasteiger partial charge in [-0.15, -0.1) is 0 Å². The lowest BCUT2D eigenvalue weighted by atomic mass is 9.92. The van der Waals surface area contributed by atoms with Gasteiger partial charge in [-0.3, -0.25) is 0 Å². The van der Waals surface area contributed by atoms with E-state index < -0.39 is 0 Å². The minimum atomic E-state index is -0.321. The van der Waals surface area contributed by atoms with Gasteiger partial charge in [0.05, 0.1) is 5.60 Å². The largest absolute Gasteiger partial charge is 0.377 e. The molecule has 0 heterocycles. The number of hydrogen-bond acceptors (Lipinski definition) is 2. The molecule has 0 radical (unpaired) electrons. The summed E-state index contributed by atoms with van der Waals surface area (Å²) in [5, 5.41) is 3.36. The molecule has 2 nitrogen and oxygen atoms in total. The van der Waals surface area contributed by atoms with Crippen LogP contribution in [0.15, 0.2) is 24.3 Å². The first-order chi connectivity index (χ1) is 8.01. The Balaban J connectivity index is 2.84. The lowest BCUT2D eigenvalue weighted by molar-refractivity contribution is -0.00978. The lowest BCUT2D eigenvalue weighted by Gasteiger charge is -2.34. The van der Waals surface area contributed by atoms with Crippen LogP contribution in [0.5, 0.6) is 0 Å². The second-order valence-electron chi connectivity index (χ2n) is 4.71. The molecule has 0 fully saturated rings. The molecule has 96 valence electrons. The highest BCUT2D eigenvalue weighted by Crippen LogP contribution is 2.19. The van der Waals surface area contributed by atoms with Crippen LogP contribution in [0.2, 0.25) is 0 Å². The van der Waals surface area contributed by atoms with Crippen LogP contribution < -0.4 is 5.32 Å². The monoisotopic (exact) mass is 239 g/mol. The third kappa shape index (κ3) is 3.79. The molecule has 0 aliphatic heterocycles. The number of benzene rings is 1. The number of hydrogen-bond donors (Lipinski definition) is 1. The van der Waals surface area contributed by atoms with Gasteiger partial charge in [0.1, 0.15) is 5.82 Å². The first kappa shape index (κ1) is 14.1. The summed E-state index contributed by atoms with van der Waals surface area (Å²) in [5.41, 5.74) is 0.404. The molecular formula is C14H22FNO. The zero-order chi connectivity index (χ0) is 12.9. The second kappa shape index (κ2) is 6.12. The van der Waals surface area contributed by atoms with Gasteiger partial charge < -0.3 is 10.1 Å². The van der Waals surface area contributed by atoms with Crippen LogP contribution in [0.25, 0.3) is 0 Å². The molecule has 0 bridgehead atoms. The predicted molar refractivity (Wildman–Crippen MR) is 68.7 cm³/mol. The zero-order valence-electron chi connectivity index (χ0n) is 11.1. The molecule has 3 heteroatoms. The quantitative estimate of drug-likeness (QED) is 0.824. The van der Waals surface area contributed by atoms with Crippen LogP contribution in [0.4, 0.5) is 4.39 Å². The van der Waals surface area contributed by atoms with Crippen molar-refractivity contribution in [3.63, 3.8) is 0 Å². The van der Waals surface area contributed by atoms with Crippen molar-refractivity contribution >= 4 is 0 Å². The fourth-order valence-corrected chi connectivity index (χ4v) is 1.84. The fourth-order valence-electron chi connectivity index (χ4n) is 1.84. The Morgan fingerprint density at radius 2 is 2.00 bits per heavy atom. The van der Waals surface area contributed by atoms with Gasteiger partial charge in [-0.1, -0.05) is 25.1 Å². The Kier molecular flexibility index (Phi) is 5.09. The Morgan fingerprint density at radius 1 is 1.35 bits per heavy atom. The molecule has 1 rings (SSSR count). The van der Waals surface area contributed by atoms with Crippen LogP contribution in [-0.4, -0.2) is 25.3 Å². The van der Waals surface area contributed by atoms with Gasteiger partial charge in [-0.25, -0.2) is 4.39 Å². The highest BCUT2D eigenvalue weighted by Gasteiger charge is 2.29. The Labute approximate surface area is 103 Å². The fraction of sp³-hybridized carbons (Fsp3) is 0.571. The minimum absolute atomic E-state index is 0.0920. The van der Waals surface area contributed by atoms with Crippen LogP contribution in [0.3, 0.4) is 0 Å². The van der Waals surface area contributed by atoms with Gasteiger partial charge in [0.2, 0.25) is 0 Å². The number of nitrogens with one attached hydrogen (secondary N) is 1. The van der Waals surface area contributed by atoms with Gasteiger partial charge in [0.15, 0.2) is 0 Å². The summed E-state index contributed by atoms with van der Waals surface area (Å²) in [7, 11) is 1.69.